The van der Waals surface area contributed by atoms with Gasteiger partial charge in [-0.25, -0.2) is 0 Å². The lowest BCUT2D eigenvalue weighted by Crippen LogP contribution is -2.55. The highest BCUT2D eigenvalue weighted by atomic mass is 19.4. The number of carboxylic acid groups (broad SMARTS) is 1. The standard InChI is InChI=1S/C20H15F6NO3/c1-18(10-7-11(19(21,22)23)9-12(8-10)20(24,25)26)15(17(29)30)13-5-3-4-6-14(13)16(28)27(18)2/h3-9,15H,1-2H3,(H,29,30). The van der Waals surface area contributed by atoms with E-state index in [0.717, 1.165) is 18.9 Å². The predicted molar refractivity (Wildman–Crippen MR) is 92.7 cm³/mol. The zero-order valence-electron chi connectivity index (χ0n) is 15.6. The van der Waals surface area contributed by atoms with Crippen molar-refractivity contribution in [1.29, 1.82) is 0 Å². The van der Waals surface area contributed by atoms with E-state index in [-0.39, 0.29) is 17.2 Å². The molecule has 160 valence electrons. The summed E-state index contributed by atoms with van der Waals surface area (Å²) >= 11 is 0. The summed E-state index contributed by atoms with van der Waals surface area (Å²) < 4.78 is 80.0. The first-order chi connectivity index (χ1) is 13.7. The molecular formula is C20H15F6NO3. The molecule has 1 aliphatic heterocycles. The molecule has 0 bridgehead atoms. The molecule has 30 heavy (non-hydrogen) atoms. The SMILES string of the molecule is CN1C(=O)c2ccccc2C(C(=O)O)C1(C)c1cc(C(F)(F)F)cc(C(F)(F)F)c1. The molecule has 1 amide bonds. The lowest BCUT2D eigenvalue weighted by molar-refractivity contribution is -0.143. The molecule has 1 aliphatic rings. The molecule has 2 aromatic carbocycles. The van der Waals surface area contributed by atoms with Crippen molar-refractivity contribution < 1.29 is 41.0 Å². The quantitative estimate of drug-likeness (QED) is 0.689. The lowest BCUT2D eigenvalue weighted by atomic mass is 9.70. The van der Waals surface area contributed by atoms with Crippen LogP contribution in [0.5, 0.6) is 0 Å². The highest BCUT2D eigenvalue weighted by Gasteiger charge is 2.53. The van der Waals surface area contributed by atoms with Gasteiger partial charge in [-0.05, 0) is 42.3 Å². The topological polar surface area (TPSA) is 57.6 Å². The van der Waals surface area contributed by atoms with Crippen LogP contribution in [0.4, 0.5) is 26.3 Å². The minimum Gasteiger partial charge on any atom is -0.481 e. The average Bonchev–Trinajstić information content (AvgIpc) is 2.64. The number of benzene rings is 2. The molecule has 0 aromatic heterocycles. The third-order valence-electron chi connectivity index (χ3n) is 5.48. The van der Waals surface area contributed by atoms with Crippen LogP contribution >= 0.6 is 0 Å². The second kappa shape index (κ2) is 6.75. The fraction of sp³-hybridized carbons (Fsp3) is 0.300. The Morgan fingerprint density at radius 1 is 1.00 bits per heavy atom. The van der Waals surface area contributed by atoms with Crippen molar-refractivity contribution in [1.82, 2.24) is 4.90 Å². The van der Waals surface area contributed by atoms with Crippen LogP contribution < -0.4 is 0 Å². The van der Waals surface area contributed by atoms with E-state index in [1.165, 1.54) is 24.3 Å². The minimum absolute atomic E-state index is 0.0153. The van der Waals surface area contributed by atoms with Crippen molar-refractivity contribution in [2.24, 2.45) is 0 Å². The molecule has 4 nitrogen and oxygen atoms in total. The summed E-state index contributed by atoms with van der Waals surface area (Å²) in [4.78, 5) is 25.8. The third kappa shape index (κ3) is 3.29. The predicted octanol–water partition coefficient (Wildman–Crippen LogP) is 4.89. The molecule has 1 N–H and O–H groups in total. The molecule has 10 heteroatoms. The number of alkyl halides is 6. The number of nitrogens with zero attached hydrogens (tertiary/aromatic N) is 1. The van der Waals surface area contributed by atoms with Gasteiger partial charge >= 0.3 is 18.3 Å². The monoisotopic (exact) mass is 431 g/mol. The summed E-state index contributed by atoms with van der Waals surface area (Å²) in [5.41, 5.74) is -5.73. The van der Waals surface area contributed by atoms with Crippen LogP contribution in [0.25, 0.3) is 0 Å². The number of halogens is 6. The smallest absolute Gasteiger partial charge is 0.416 e. The Bertz CT molecular complexity index is 998. The second-order valence-corrected chi connectivity index (χ2v) is 7.16. The van der Waals surface area contributed by atoms with Crippen LogP contribution in [-0.4, -0.2) is 28.9 Å². The van der Waals surface area contributed by atoms with E-state index in [9.17, 15) is 41.0 Å². The van der Waals surface area contributed by atoms with E-state index >= 15 is 0 Å². The molecule has 2 atom stereocenters. The molecule has 2 unspecified atom stereocenters. The van der Waals surface area contributed by atoms with Gasteiger partial charge in [-0.15, -0.1) is 0 Å². The van der Waals surface area contributed by atoms with Crippen LogP contribution in [0.2, 0.25) is 0 Å². The fourth-order valence-electron chi connectivity index (χ4n) is 3.81. The Balaban J connectivity index is 2.37. The van der Waals surface area contributed by atoms with Crippen LogP contribution in [0, 0.1) is 0 Å². The largest absolute Gasteiger partial charge is 0.481 e. The first-order valence-electron chi connectivity index (χ1n) is 8.59. The normalized spacial score (nSPS) is 22.1. The Morgan fingerprint density at radius 3 is 1.97 bits per heavy atom. The second-order valence-electron chi connectivity index (χ2n) is 7.16. The number of amides is 1. The fourth-order valence-corrected chi connectivity index (χ4v) is 3.81. The molecule has 1 heterocycles. The summed E-state index contributed by atoms with van der Waals surface area (Å²) in [6, 6.07) is 6.50. The van der Waals surface area contributed by atoms with Crippen molar-refractivity contribution in [3.63, 3.8) is 0 Å². The number of carbonyl (C=O) groups is 2. The maximum Gasteiger partial charge on any atom is 0.416 e. The van der Waals surface area contributed by atoms with E-state index in [4.69, 9.17) is 0 Å². The van der Waals surface area contributed by atoms with Gasteiger partial charge in [0.05, 0.1) is 16.7 Å². The van der Waals surface area contributed by atoms with Crippen LogP contribution in [0.3, 0.4) is 0 Å². The van der Waals surface area contributed by atoms with Gasteiger partial charge in [0.15, 0.2) is 0 Å². The van der Waals surface area contributed by atoms with Crippen LogP contribution in [0.1, 0.15) is 45.5 Å². The molecule has 3 rings (SSSR count). The molecule has 0 saturated carbocycles. The molecule has 0 saturated heterocycles. The highest BCUT2D eigenvalue weighted by molar-refractivity contribution is 6.00. The van der Waals surface area contributed by atoms with Crippen molar-refractivity contribution in [3.05, 3.63) is 70.3 Å². The van der Waals surface area contributed by atoms with Crippen LogP contribution in [-0.2, 0) is 22.7 Å². The maximum absolute atomic E-state index is 13.3. The first kappa shape index (κ1) is 21.7. The number of carbonyl (C=O) groups excluding carboxylic acids is 1. The molecule has 0 aliphatic carbocycles. The number of carboxylic acids is 1. The summed E-state index contributed by atoms with van der Waals surface area (Å²) in [7, 11) is 1.15. The Morgan fingerprint density at radius 2 is 1.50 bits per heavy atom. The van der Waals surface area contributed by atoms with E-state index in [1.807, 2.05) is 0 Å². The molecular weight excluding hydrogens is 416 g/mol. The minimum atomic E-state index is -5.11. The molecule has 0 radical (unpaired) electrons. The van der Waals surface area contributed by atoms with Crippen LogP contribution in [0.15, 0.2) is 42.5 Å². The Labute approximate surface area is 166 Å². The van der Waals surface area contributed by atoms with Gasteiger partial charge in [0.1, 0.15) is 5.92 Å². The molecule has 0 fully saturated rings. The average molecular weight is 431 g/mol. The van der Waals surface area contributed by atoms with Gasteiger partial charge in [-0.1, -0.05) is 18.2 Å². The summed E-state index contributed by atoms with van der Waals surface area (Å²) in [6.07, 6.45) is -10.2. The van der Waals surface area contributed by atoms with Gasteiger partial charge in [-0.2, -0.15) is 26.3 Å². The molecule has 2 aromatic rings. The number of likely N-dealkylation sites (N-methyl/N-ethyl adjacent to an activating group) is 1. The summed E-state index contributed by atoms with van der Waals surface area (Å²) in [5.74, 6) is -3.80. The lowest BCUT2D eigenvalue weighted by Gasteiger charge is -2.47. The van der Waals surface area contributed by atoms with E-state index in [0.29, 0.717) is 12.1 Å². The van der Waals surface area contributed by atoms with E-state index in [1.54, 1.807) is 0 Å². The summed E-state index contributed by atoms with van der Waals surface area (Å²) in [6.45, 7) is 1.15. The van der Waals surface area contributed by atoms with E-state index in [2.05, 4.69) is 0 Å². The zero-order chi connectivity index (χ0) is 22.6. The Kier molecular flexibility index (Phi) is 4.87. The highest BCUT2D eigenvalue weighted by Crippen LogP contribution is 2.49. The van der Waals surface area contributed by atoms with Gasteiger partial charge in [0, 0.05) is 12.6 Å². The van der Waals surface area contributed by atoms with Crippen molar-refractivity contribution in [3.8, 4) is 0 Å². The van der Waals surface area contributed by atoms with Gasteiger partial charge in [0.25, 0.3) is 5.91 Å². The number of aliphatic carboxylic acids is 1. The Hall–Kier alpha value is -3.04. The third-order valence-corrected chi connectivity index (χ3v) is 5.48. The van der Waals surface area contributed by atoms with E-state index < -0.39 is 52.4 Å². The number of hydrogen-bond donors (Lipinski definition) is 1. The zero-order valence-corrected chi connectivity index (χ0v) is 15.6. The van der Waals surface area contributed by atoms with Gasteiger partial charge in [0.2, 0.25) is 0 Å². The van der Waals surface area contributed by atoms with Crippen molar-refractivity contribution >= 4 is 11.9 Å². The molecule has 0 spiro atoms. The van der Waals surface area contributed by atoms with Crippen molar-refractivity contribution in [2.75, 3.05) is 7.05 Å². The van der Waals surface area contributed by atoms with Gasteiger partial charge in [-0.3, -0.25) is 9.59 Å². The maximum atomic E-state index is 13.3. The van der Waals surface area contributed by atoms with Crippen molar-refractivity contribution in [2.45, 2.75) is 30.7 Å². The number of rotatable bonds is 2. The number of fused-ring (bicyclic) bond motifs is 1. The summed E-state index contributed by atoms with van der Waals surface area (Å²) in [5, 5.41) is 9.86. The number of hydrogen-bond acceptors (Lipinski definition) is 2. The van der Waals surface area contributed by atoms with Gasteiger partial charge < -0.3 is 10.0 Å². The first-order valence-corrected chi connectivity index (χ1v) is 8.59.